The number of nitrogens with zero attached hydrogens (tertiary/aromatic N) is 3. The number of rotatable bonds is 8. The van der Waals surface area contributed by atoms with Gasteiger partial charge in [0.15, 0.2) is 0 Å². The predicted molar refractivity (Wildman–Crippen MR) is 165 cm³/mol. The minimum Gasteiger partial charge on any atom is -0.337 e. The Morgan fingerprint density at radius 1 is 1.14 bits per heavy atom. The van der Waals surface area contributed by atoms with Crippen molar-refractivity contribution in [3.63, 3.8) is 0 Å². The van der Waals surface area contributed by atoms with Gasteiger partial charge in [-0.15, -0.1) is 0 Å². The number of imidazole rings is 1. The van der Waals surface area contributed by atoms with Gasteiger partial charge in [-0.2, -0.15) is 0 Å². The van der Waals surface area contributed by atoms with Gasteiger partial charge in [0.2, 0.25) is 15.9 Å². The van der Waals surface area contributed by atoms with E-state index in [1.165, 1.54) is 24.3 Å². The number of anilines is 1. The van der Waals surface area contributed by atoms with E-state index in [4.69, 9.17) is 11.6 Å². The quantitative estimate of drug-likeness (QED) is 0.239. The first kappa shape index (κ1) is 29.5. The van der Waals surface area contributed by atoms with E-state index in [-0.39, 0.29) is 40.4 Å². The summed E-state index contributed by atoms with van der Waals surface area (Å²) in [6.07, 6.45) is 5.62. The molecule has 7 nitrogen and oxygen atoms in total. The molecule has 3 aromatic carbocycles. The molecular formula is C33H34ClFN4O3S. The molecule has 3 atom stereocenters. The van der Waals surface area contributed by atoms with E-state index in [2.05, 4.69) is 23.6 Å². The first-order chi connectivity index (χ1) is 20.4. The fourth-order valence-corrected chi connectivity index (χ4v) is 7.71. The maximum Gasteiger partial charge on any atom is 0.241 e. The van der Waals surface area contributed by atoms with E-state index in [0.717, 1.165) is 28.9 Å². The van der Waals surface area contributed by atoms with Gasteiger partial charge in [0.1, 0.15) is 11.6 Å². The molecule has 0 spiro atoms. The summed E-state index contributed by atoms with van der Waals surface area (Å²) < 4.78 is 45.2. The predicted octanol–water partition coefficient (Wildman–Crippen LogP) is 6.64. The van der Waals surface area contributed by atoms with Crippen LogP contribution in [0.5, 0.6) is 0 Å². The topological polar surface area (TPSA) is 84.3 Å². The van der Waals surface area contributed by atoms with Crippen molar-refractivity contribution >= 4 is 33.2 Å². The average Bonchev–Trinajstić information content (AvgIpc) is 3.67. The van der Waals surface area contributed by atoms with Crippen LogP contribution in [0.15, 0.2) is 84.0 Å². The van der Waals surface area contributed by atoms with E-state index >= 15 is 0 Å². The molecule has 43 heavy (non-hydrogen) atoms. The largest absolute Gasteiger partial charge is 0.337 e. The van der Waals surface area contributed by atoms with E-state index < -0.39 is 16.1 Å². The summed E-state index contributed by atoms with van der Waals surface area (Å²) in [5.41, 5.74) is 3.34. The lowest BCUT2D eigenvalue weighted by molar-refractivity contribution is -0.120. The van der Waals surface area contributed by atoms with Gasteiger partial charge in [0.05, 0.1) is 11.4 Å². The van der Waals surface area contributed by atoms with Crippen molar-refractivity contribution < 1.29 is 17.6 Å². The number of hydrogen-bond donors (Lipinski definition) is 1. The Balaban J connectivity index is 1.36. The Morgan fingerprint density at radius 3 is 2.60 bits per heavy atom. The number of sulfonamides is 1. The third-order valence-corrected chi connectivity index (χ3v) is 10.5. The molecule has 0 radical (unpaired) electrons. The number of fused-ring (bicyclic) bond motifs is 1. The molecule has 1 amide bonds. The molecule has 1 unspecified atom stereocenters. The number of carbonyl (C=O) groups excluding carboxylic acids is 1. The third-order valence-electron chi connectivity index (χ3n) is 8.81. The number of benzene rings is 3. The summed E-state index contributed by atoms with van der Waals surface area (Å²) in [4.78, 5) is 20.4. The smallest absolute Gasteiger partial charge is 0.241 e. The lowest BCUT2D eigenvalue weighted by atomic mass is 9.71. The van der Waals surface area contributed by atoms with Crippen LogP contribution in [0.3, 0.4) is 0 Å². The summed E-state index contributed by atoms with van der Waals surface area (Å²) in [5, 5.41) is 0.345. The first-order valence-electron chi connectivity index (χ1n) is 14.4. The fraction of sp³-hybridized carbons (Fsp3) is 0.333. The van der Waals surface area contributed by atoms with Gasteiger partial charge in [-0.05, 0) is 89.8 Å². The Hall–Kier alpha value is -3.53. The molecule has 4 aromatic rings. The molecule has 1 fully saturated rings. The lowest BCUT2D eigenvalue weighted by Gasteiger charge is -2.38. The average molecular weight is 621 g/mol. The number of carbonyl (C=O) groups is 1. The molecule has 0 saturated heterocycles. The molecule has 2 aliphatic carbocycles. The highest BCUT2D eigenvalue weighted by Gasteiger charge is 2.46. The SMILES string of the molecule is Cn1ccnc1CN(C(=O)C1C[C@@H]1c1ccc(F)cc1)c1ccc2c(c1)[C@@H](NS(=O)(=O)c1cccc(Cl)c1)CCC2(C)C. The molecule has 1 heterocycles. The molecule has 1 N–H and O–H groups in total. The highest BCUT2D eigenvalue weighted by Crippen LogP contribution is 2.50. The lowest BCUT2D eigenvalue weighted by Crippen LogP contribution is -2.37. The van der Waals surface area contributed by atoms with Crippen LogP contribution in [0.1, 0.15) is 67.6 Å². The van der Waals surface area contributed by atoms with E-state index in [1.807, 2.05) is 36.0 Å². The Morgan fingerprint density at radius 2 is 1.91 bits per heavy atom. The second-order valence-corrected chi connectivity index (χ2v) is 14.4. The van der Waals surface area contributed by atoms with Gasteiger partial charge in [0.25, 0.3) is 0 Å². The van der Waals surface area contributed by atoms with Crippen LogP contribution in [0.25, 0.3) is 0 Å². The minimum absolute atomic E-state index is 0.0192. The molecule has 0 aliphatic heterocycles. The van der Waals surface area contributed by atoms with Crippen LogP contribution < -0.4 is 9.62 Å². The number of hydrogen-bond acceptors (Lipinski definition) is 4. The van der Waals surface area contributed by atoms with Gasteiger partial charge in [-0.1, -0.05) is 49.7 Å². The summed E-state index contributed by atoms with van der Waals surface area (Å²) in [6.45, 7) is 4.57. The van der Waals surface area contributed by atoms with Crippen molar-refractivity contribution in [2.45, 2.75) is 61.9 Å². The maximum atomic E-state index is 14.1. The summed E-state index contributed by atoms with van der Waals surface area (Å²) in [6, 6.07) is 18.0. The maximum absolute atomic E-state index is 14.1. The monoisotopic (exact) mass is 620 g/mol. The van der Waals surface area contributed by atoms with Crippen molar-refractivity contribution in [3.8, 4) is 0 Å². The molecular weight excluding hydrogens is 587 g/mol. The Kier molecular flexibility index (Phi) is 7.69. The highest BCUT2D eigenvalue weighted by molar-refractivity contribution is 7.89. The van der Waals surface area contributed by atoms with Gasteiger partial charge >= 0.3 is 0 Å². The van der Waals surface area contributed by atoms with Gasteiger partial charge in [-0.25, -0.2) is 22.5 Å². The van der Waals surface area contributed by atoms with Crippen LogP contribution in [0, 0.1) is 11.7 Å². The first-order valence-corrected chi connectivity index (χ1v) is 16.2. The molecule has 10 heteroatoms. The number of aromatic nitrogens is 2. The molecule has 224 valence electrons. The van der Waals surface area contributed by atoms with Crippen molar-refractivity contribution in [2.75, 3.05) is 4.90 Å². The number of amides is 1. The van der Waals surface area contributed by atoms with E-state index in [9.17, 15) is 17.6 Å². The number of halogens is 2. The zero-order chi connectivity index (χ0) is 30.5. The number of nitrogens with one attached hydrogen (secondary N) is 1. The van der Waals surface area contributed by atoms with Gasteiger partial charge < -0.3 is 9.47 Å². The third kappa shape index (κ3) is 5.98. The molecule has 6 rings (SSSR count). The van der Waals surface area contributed by atoms with E-state index in [1.54, 1.807) is 35.4 Å². The van der Waals surface area contributed by atoms with E-state index in [0.29, 0.717) is 23.6 Å². The summed E-state index contributed by atoms with van der Waals surface area (Å²) in [7, 11) is -1.97. The summed E-state index contributed by atoms with van der Waals surface area (Å²) >= 11 is 6.10. The van der Waals surface area contributed by atoms with Crippen molar-refractivity contribution in [1.82, 2.24) is 14.3 Å². The Labute approximate surface area is 256 Å². The van der Waals surface area contributed by atoms with Crippen molar-refractivity contribution in [3.05, 3.63) is 112 Å². The standard InChI is InChI=1S/C33H34ClFN4O3S/c1-33(2)14-13-30(37-43(41,42)25-6-4-5-22(34)17-25)28-18-24(11-12-29(28)33)39(20-31-36-15-16-38(31)3)32(40)27-19-26(27)21-7-9-23(35)10-8-21/h4-12,15-18,26-27,30,37H,13-14,19-20H2,1-3H3/t26-,27?,30+/m1/s1. The second-order valence-electron chi connectivity index (χ2n) is 12.2. The number of aryl methyl sites for hydroxylation is 1. The van der Waals surface area contributed by atoms with Crippen LogP contribution >= 0.6 is 11.6 Å². The van der Waals surface area contributed by atoms with Crippen LogP contribution in [-0.2, 0) is 33.8 Å². The van der Waals surface area contributed by atoms with Crippen LogP contribution in [0.4, 0.5) is 10.1 Å². The zero-order valence-electron chi connectivity index (χ0n) is 24.3. The van der Waals surface area contributed by atoms with Crippen LogP contribution in [-0.4, -0.2) is 23.9 Å². The highest BCUT2D eigenvalue weighted by atomic mass is 35.5. The van der Waals surface area contributed by atoms with Crippen LogP contribution in [0.2, 0.25) is 5.02 Å². The normalized spacial score (nSPS) is 20.8. The van der Waals surface area contributed by atoms with Crippen molar-refractivity contribution in [1.29, 1.82) is 0 Å². The molecule has 1 saturated carbocycles. The molecule has 0 bridgehead atoms. The van der Waals surface area contributed by atoms with Gasteiger partial charge in [0, 0.05) is 42.1 Å². The van der Waals surface area contributed by atoms with Gasteiger partial charge in [-0.3, -0.25) is 4.79 Å². The Bertz CT molecular complexity index is 1790. The fourth-order valence-electron chi connectivity index (χ4n) is 6.16. The molecule has 1 aromatic heterocycles. The van der Waals surface area contributed by atoms with Crippen molar-refractivity contribution in [2.24, 2.45) is 13.0 Å². The molecule has 2 aliphatic rings. The second kappa shape index (κ2) is 11.2. The zero-order valence-corrected chi connectivity index (χ0v) is 25.9. The summed E-state index contributed by atoms with van der Waals surface area (Å²) in [5.74, 6) is 0.161. The minimum atomic E-state index is -3.86.